The summed E-state index contributed by atoms with van der Waals surface area (Å²) < 4.78 is 11.2. The largest absolute Gasteiger partial charge is 0.449 e. The summed E-state index contributed by atoms with van der Waals surface area (Å²) >= 11 is 1.66. The van der Waals surface area contributed by atoms with Crippen molar-refractivity contribution in [3.05, 3.63) is 90.0 Å². The number of rotatable bonds is 9. The van der Waals surface area contributed by atoms with Gasteiger partial charge in [0.05, 0.1) is 0 Å². The van der Waals surface area contributed by atoms with Crippen molar-refractivity contribution in [2.75, 3.05) is 26.0 Å². The second-order valence-electron chi connectivity index (χ2n) is 10.5. The minimum Gasteiger partial charge on any atom is -0.449 e. The number of carbonyl (C=O) groups excluding carboxylic acids is 2. The molecule has 0 unspecified atom stereocenters. The number of alkyl carbamates (subject to hydrolysis) is 1. The normalized spacial score (nSPS) is 13.3. The standard InChI is InChI=1S/C31H36N2O4S/c1-31(2,3)37-30(35)33(4)19-18-22(21-38-23-12-6-5-7-13-23)32-29(34)36-20-28-26-16-10-8-14-24(26)25-15-9-11-17-27(25)28/h5-17,22,28H,18-21H2,1-4H3,(H,32,34)/t22-/m1/s1. The number of hydrogen-bond donors (Lipinski definition) is 1. The Hall–Kier alpha value is -3.45. The highest BCUT2D eigenvalue weighted by Crippen LogP contribution is 2.44. The van der Waals surface area contributed by atoms with Crippen molar-refractivity contribution in [3.8, 4) is 11.1 Å². The molecule has 3 aromatic rings. The van der Waals surface area contributed by atoms with Crippen LogP contribution < -0.4 is 5.32 Å². The van der Waals surface area contributed by atoms with Crippen LogP contribution in [0.2, 0.25) is 0 Å². The third-order valence-corrected chi connectivity index (χ3v) is 7.55. The van der Waals surface area contributed by atoms with Crippen LogP contribution in [0.1, 0.15) is 44.2 Å². The van der Waals surface area contributed by atoms with Gasteiger partial charge in [-0.05, 0) is 61.6 Å². The Balaban J connectivity index is 1.37. The lowest BCUT2D eigenvalue weighted by molar-refractivity contribution is 0.0294. The van der Waals surface area contributed by atoms with Gasteiger partial charge in [0.15, 0.2) is 0 Å². The van der Waals surface area contributed by atoms with E-state index in [9.17, 15) is 9.59 Å². The number of fused-ring (bicyclic) bond motifs is 3. The average molecular weight is 533 g/mol. The molecule has 0 saturated heterocycles. The van der Waals surface area contributed by atoms with Crippen molar-refractivity contribution in [3.63, 3.8) is 0 Å². The van der Waals surface area contributed by atoms with E-state index >= 15 is 0 Å². The van der Waals surface area contributed by atoms with E-state index in [1.165, 1.54) is 22.3 Å². The van der Waals surface area contributed by atoms with Gasteiger partial charge in [-0.25, -0.2) is 9.59 Å². The van der Waals surface area contributed by atoms with Crippen LogP contribution in [0.15, 0.2) is 83.8 Å². The van der Waals surface area contributed by atoms with E-state index in [4.69, 9.17) is 9.47 Å². The lowest BCUT2D eigenvalue weighted by Crippen LogP contribution is -2.41. The third kappa shape index (κ3) is 7.32. The molecule has 0 aliphatic heterocycles. The highest BCUT2D eigenvalue weighted by molar-refractivity contribution is 7.99. The van der Waals surface area contributed by atoms with E-state index < -0.39 is 11.7 Å². The van der Waals surface area contributed by atoms with Crippen LogP contribution in [0.3, 0.4) is 0 Å². The highest BCUT2D eigenvalue weighted by Gasteiger charge is 2.29. The second-order valence-corrected chi connectivity index (χ2v) is 11.6. The summed E-state index contributed by atoms with van der Waals surface area (Å²) in [7, 11) is 1.71. The molecule has 6 nitrogen and oxygen atoms in total. The van der Waals surface area contributed by atoms with Gasteiger partial charge in [0.2, 0.25) is 0 Å². The smallest absolute Gasteiger partial charge is 0.410 e. The number of ether oxygens (including phenoxy) is 2. The lowest BCUT2D eigenvalue weighted by atomic mass is 9.98. The minimum atomic E-state index is -0.562. The van der Waals surface area contributed by atoms with E-state index in [0.717, 1.165) is 4.90 Å². The zero-order valence-electron chi connectivity index (χ0n) is 22.5. The highest BCUT2D eigenvalue weighted by atomic mass is 32.2. The first kappa shape index (κ1) is 27.6. The molecule has 1 aliphatic rings. The maximum absolute atomic E-state index is 13.0. The molecule has 4 rings (SSSR count). The average Bonchev–Trinajstić information content (AvgIpc) is 3.22. The van der Waals surface area contributed by atoms with E-state index in [1.54, 1.807) is 23.7 Å². The Labute approximate surface area is 229 Å². The van der Waals surface area contributed by atoms with Crippen molar-refractivity contribution < 1.29 is 19.1 Å². The van der Waals surface area contributed by atoms with E-state index in [0.29, 0.717) is 18.7 Å². The fourth-order valence-corrected chi connectivity index (χ4v) is 5.49. The SMILES string of the molecule is CN(CC[C@H](CSc1ccccc1)NC(=O)OCC1c2ccccc2-c2ccccc21)C(=O)OC(C)(C)C. The molecule has 0 fully saturated rings. The first-order valence-electron chi connectivity index (χ1n) is 12.9. The van der Waals surface area contributed by atoms with Crippen LogP contribution >= 0.6 is 11.8 Å². The van der Waals surface area contributed by atoms with Crippen LogP contribution in [-0.2, 0) is 9.47 Å². The molecule has 0 radical (unpaired) electrons. The van der Waals surface area contributed by atoms with Gasteiger partial charge >= 0.3 is 12.2 Å². The van der Waals surface area contributed by atoms with Crippen molar-refractivity contribution in [2.45, 2.75) is 49.6 Å². The monoisotopic (exact) mass is 532 g/mol. The van der Waals surface area contributed by atoms with Crippen LogP contribution in [0.4, 0.5) is 9.59 Å². The first-order valence-corrected chi connectivity index (χ1v) is 13.9. The quantitative estimate of drug-likeness (QED) is 0.302. The van der Waals surface area contributed by atoms with Gasteiger partial charge in [-0.15, -0.1) is 11.8 Å². The number of nitrogens with one attached hydrogen (secondary N) is 1. The Morgan fingerprint density at radius 2 is 1.50 bits per heavy atom. The van der Waals surface area contributed by atoms with Crippen LogP contribution in [0.5, 0.6) is 0 Å². The molecule has 0 bridgehead atoms. The molecule has 1 atom stereocenters. The second kappa shape index (κ2) is 12.4. The Morgan fingerprint density at radius 1 is 0.921 bits per heavy atom. The van der Waals surface area contributed by atoms with Crippen LogP contribution in [0, 0.1) is 0 Å². The topological polar surface area (TPSA) is 67.9 Å². The minimum absolute atomic E-state index is 0.00333. The van der Waals surface area contributed by atoms with E-state index in [-0.39, 0.29) is 24.7 Å². The molecule has 0 aromatic heterocycles. The molecular weight excluding hydrogens is 496 g/mol. The molecule has 200 valence electrons. The lowest BCUT2D eigenvalue weighted by Gasteiger charge is -2.26. The van der Waals surface area contributed by atoms with E-state index in [1.807, 2.05) is 75.4 Å². The molecule has 0 spiro atoms. The molecule has 38 heavy (non-hydrogen) atoms. The molecule has 0 saturated carbocycles. The Kier molecular flexibility index (Phi) is 9.00. The van der Waals surface area contributed by atoms with E-state index in [2.05, 4.69) is 29.6 Å². The summed E-state index contributed by atoms with van der Waals surface area (Å²) in [5.41, 5.74) is 4.18. The number of carbonyl (C=O) groups is 2. The maximum Gasteiger partial charge on any atom is 0.410 e. The molecule has 1 N–H and O–H groups in total. The van der Waals surface area contributed by atoms with Gasteiger partial charge in [-0.1, -0.05) is 66.7 Å². The predicted octanol–water partition coefficient (Wildman–Crippen LogP) is 6.94. The van der Waals surface area contributed by atoms with Crippen molar-refractivity contribution >= 4 is 23.9 Å². The summed E-state index contributed by atoms with van der Waals surface area (Å²) in [6, 6.07) is 26.4. The van der Waals surface area contributed by atoms with Crippen molar-refractivity contribution in [2.24, 2.45) is 0 Å². The number of amides is 2. The number of thioether (sulfide) groups is 1. The van der Waals surface area contributed by atoms with Crippen molar-refractivity contribution in [1.29, 1.82) is 0 Å². The maximum atomic E-state index is 13.0. The Bertz CT molecular complexity index is 1200. The van der Waals surface area contributed by atoms with Gasteiger partial charge in [-0.2, -0.15) is 0 Å². The van der Waals surface area contributed by atoms with Gasteiger partial charge in [-0.3, -0.25) is 0 Å². The fraction of sp³-hybridized carbons (Fsp3) is 0.355. The molecule has 1 aliphatic carbocycles. The van der Waals surface area contributed by atoms with Gasteiger partial charge in [0, 0.05) is 36.2 Å². The zero-order valence-corrected chi connectivity index (χ0v) is 23.3. The summed E-state index contributed by atoms with van der Waals surface area (Å²) in [5, 5.41) is 3.04. The summed E-state index contributed by atoms with van der Waals surface area (Å²) in [6.45, 7) is 6.24. The summed E-state index contributed by atoms with van der Waals surface area (Å²) in [5.74, 6) is 0.653. The van der Waals surface area contributed by atoms with Crippen LogP contribution in [0.25, 0.3) is 11.1 Å². The molecule has 2 amide bonds. The Morgan fingerprint density at radius 3 is 2.11 bits per heavy atom. The first-order chi connectivity index (χ1) is 18.2. The van der Waals surface area contributed by atoms with Gasteiger partial charge < -0.3 is 19.7 Å². The fourth-order valence-electron chi connectivity index (χ4n) is 4.50. The summed E-state index contributed by atoms with van der Waals surface area (Å²) in [4.78, 5) is 28.0. The number of benzene rings is 3. The zero-order chi connectivity index (χ0) is 27.1. The van der Waals surface area contributed by atoms with Crippen LogP contribution in [-0.4, -0.2) is 54.7 Å². The summed E-state index contributed by atoms with van der Waals surface area (Å²) in [6.07, 6.45) is -0.265. The van der Waals surface area contributed by atoms with Gasteiger partial charge in [0.1, 0.15) is 12.2 Å². The molecule has 7 heteroatoms. The number of nitrogens with zero attached hydrogens (tertiary/aromatic N) is 1. The van der Waals surface area contributed by atoms with Gasteiger partial charge in [0.25, 0.3) is 0 Å². The van der Waals surface area contributed by atoms with Crippen molar-refractivity contribution in [1.82, 2.24) is 10.2 Å². The predicted molar refractivity (Wildman–Crippen MR) is 153 cm³/mol. The number of hydrogen-bond acceptors (Lipinski definition) is 5. The molecule has 3 aromatic carbocycles. The molecule has 0 heterocycles. The molecular formula is C31H36N2O4S. The third-order valence-electron chi connectivity index (χ3n) is 6.38.